The van der Waals surface area contributed by atoms with Crippen molar-refractivity contribution in [2.45, 2.75) is 26.2 Å². The molecule has 0 aliphatic heterocycles. The molecule has 1 aliphatic rings. The zero-order chi connectivity index (χ0) is 11.5. The lowest BCUT2D eigenvalue weighted by Crippen LogP contribution is -1.93. The molecule has 0 unspecified atom stereocenters. The Kier molecular flexibility index (Phi) is 3.34. The molecule has 0 amide bonds. The molecule has 1 aromatic heterocycles. The summed E-state index contributed by atoms with van der Waals surface area (Å²) in [5.74, 6) is 0.0687. The molecule has 0 spiro atoms. The predicted molar refractivity (Wildman–Crippen MR) is 64.5 cm³/mol. The average Bonchev–Trinajstić information content (AvgIpc) is 2.70. The molecule has 1 aliphatic carbocycles. The van der Waals surface area contributed by atoms with Gasteiger partial charge in [0.25, 0.3) is 0 Å². The second kappa shape index (κ2) is 4.74. The Morgan fingerprint density at radius 2 is 2.19 bits per heavy atom. The molecule has 84 valence electrons. The lowest BCUT2D eigenvalue weighted by Gasteiger charge is -2.08. The quantitative estimate of drug-likeness (QED) is 0.723. The molecule has 0 saturated carbocycles. The lowest BCUT2D eigenvalue weighted by molar-refractivity contribution is 0.102. The van der Waals surface area contributed by atoms with E-state index in [2.05, 4.69) is 0 Å². The zero-order valence-electron chi connectivity index (χ0n) is 9.13. The van der Waals surface area contributed by atoms with Crippen molar-refractivity contribution < 1.29 is 9.18 Å². The molecule has 16 heavy (non-hydrogen) atoms. The number of rotatable bonds is 3. The average molecular weight is 236 g/mol. The van der Waals surface area contributed by atoms with Crippen molar-refractivity contribution in [3.63, 3.8) is 0 Å². The van der Waals surface area contributed by atoms with E-state index in [9.17, 15) is 9.18 Å². The number of thiophene rings is 1. The third-order valence-corrected chi connectivity index (χ3v) is 3.78. The number of carbonyl (C=O) groups excluding carboxylic acids is 1. The Labute approximate surface area is 98.3 Å². The lowest BCUT2D eigenvalue weighted by atomic mass is 10.0. The van der Waals surface area contributed by atoms with E-state index in [0.717, 1.165) is 17.7 Å². The van der Waals surface area contributed by atoms with E-state index in [1.165, 1.54) is 21.8 Å². The highest BCUT2D eigenvalue weighted by Crippen LogP contribution is 2.25. The Balaban J connectivity index is 2.07. The Hall–Kier alpha value is -1.22. The smallest absolute Gasteiger partial charge is 0.169 e. The minimum absolute atomic E-state index is 0.0423. The van der Waals surface area contributed by atoms with E-state index < -0.39 is 0 Å². The van der Waals surface area contributed by atoms with Crippen LogP contribution in [0.25, 0.3) is 0 Å². The van der Waals surface area contributed by atoms with Crippen molar-refractivity contribution >= 4 is 17.1 Å². The maximum atomic E-state index is 12.8. The minimum atomic E-state index is -0.0423. The summed E-state index contributed by atoms with van der Waals surface area (Å²) in [6.45, 7) is 1.58. The summed E-state index contributed by atoms with van der Waals surface area (Å²) >= 11 is 1.53. The predicted octanol–water partition coefficient (Wildman–Crippen LogP) is 4.07. The molecule has 0 N–H and O–H groups in total. The second-order valence-corrected chi connectivity index (χ2v) is 5.11. The molecule has 0 saturated heterocycles. The van der Waals surface area contributed by atoms with Gasteiger partial charge in [0.2, 0.25) is 0 Å². The van der Waals surface area contributed by atoms with Crippen LogP contribution in [0.1, 0.15) is 34.3 Å². The van der Waals surface area contributed by atoms with Gasteiger partial charge in [0, 0.05) is 17.7 Å². The maximum absolute atomic E-state index is 12.8. The van der Waals surface area contributed by atoms with Gasteiger partial charge >= 0.3 is 0 Å². The SMILES string of the molecule is CC(=O)c1ccc(CC2=CC=C(F)CC2)s1. The number of Topliss-reactive ketones (excluding diaryl/α,β-unsaturated/α-hetero) is 1. The van der Waals surface area contributed by atoms with E-state index >= 15 is 0 Å². The van der Waals surface area contributed by atoms with Gasteiger partial charge in [-0.1, -0.05) is 11.6 Å². The second-order valence-electron chi connectivity index (χ2n) is 3.94. The summed E-state index contributed by atoms with van der Waals surface area (Å²) in [7, 11) is 0. The van der Waals surface area contributed by atoms with Gasteiger partial charge in [-0.05, 0) is 31.6 Å². The van der Waals surface area contributed by atoms with Gasteiger partial charge in [-0.3, -0.25) is 4.79 Å². The van der Waals surface area contributed by atoms with E-state index in [-0.39, 0.29) is 11.6 Å². The van der Waals surface area contributed by atoms with Crippen LogP contribution >= 0.6 is 11.3 Å². The van der Waals surface area contributed by atoms with Crippen molar-refractivity contribution in [1.29, 1.82) is 0 Å². The van der Waals surface area contributed by atoms with Gasteiger partial charge < -0.3 is 0 Å². The van der Waals surface area contributed by atoms with Crippen LogP contribution in [0.4, 0.5) is 4.39 Å². The number of hydrogen-bond donors (Lipinski definition) is 0. The summed E-state index contributed by atoms with van der Waals surface area (Å²) < 4.78 is 12.8. The van der Waals surface area contributed by atoms with E-state index in [1.54, 1.807) is 13.0 Å². The molecule has 0 bridgehead atoms. The van der Waals surface area contributed by atoms with Crippen LogP contribution in [0.2, 0.25) is 0 Å². The summed E-state index contributed by atoms with van der Waals surface area (Å²) in [6, 6.07) is 3.85. The highest BCUT2D eigenvalue weighted by molar-refractivity contribution is 7.14. The van der Waals surface area contributed by atoms with Crippen molar-refractivity contribution in [3.8, 4) is 0 Å². The van der Waals surface area contributed by atoms with E-state index in [4.69, 9.17) is 0 Å². The first-order valence-electron chi connectivity index (χ1n) is 5.29. The zero-order valence-corrected chi connectivity index (χ0v) is 9.94. The van der Waals surface area contributed by atoms with Crippen LogP contribution in [0.15, 0.2) is 35.7 Å². The van der Waals surface area contributed by atoms with Crippen LogP contribution in [0.3, 0.4) is 0 Å². The van der Waals surface area contributed by atoms with Crippen molar-refractivity contribution in [2.75, 3.05) is 0 Å². The fourth-order valence-corrected chi connectivity index (χ4v) is 2.64. The fraction of sp³-hybridized carbons (Fsp3) is 0.308. The van der Waals surface area contributed by atoms with Gasteiger partial charge in [-0.2, -0.15) is 0 Å². The molecule has 0 atom stereocenters. The standard InChI is InChI=1S/C13H13FOS/c1-9(15)13-7-6-12(16-13)8-10-2-4-11(14)5-3-10/h2,4,6-7H,3,5,8H2,1H3. The Morgan fingerprint density at radius 3 is 2.75 bits per heavy atom. The molecule has 0 aromatic carbocycles. The summed E-state index contributed by atoms with van der Waals surface area (Å²) in [5, 5.41) is 0. The maximum Gasteiger partial charge on any atom is 0.169 e. The molecule has 0 fully saturated rings. The Bertz CT molecular complexity index is 468. The number of allylic oxidation sites excluding steroid dienone is 4. The first kappa shape index (κ1) is 11.3. The molecule has 1 heterocycles. The largest absolute Gasteiger partial charge is 0.294 e. The molecular formula is C13H13FOS. The van der Waals surface area contributed by atoms with Crippen LogP contribution in [0.5, 0.6) is 0 Å². The molecule has 0 radical (unpaired) electrons. The number of ketones is 1. The van der Waals surface area contributed by atoms with Crippen LogP contribution in [-0.4, -0.2) is 5.78 Å². The van der Waals surface area contributed by atoms with Crippen molar-refractivity contribution in [1.82, 2.24) is 0 Å². The number of hydrogen-bond acceptors (Lipinski definition) is 2. The highest BCUT2D eigenvalue weighted by atomic mass is 32.1. The minimum Gasteiger partial charge on any atom is -0.294 e. The molecule has 1 aromatic rings. The first-order valence-corrected chi connectivity index (χ1v) is 6.10. The molecule has 3 heteroatoms. The normalized spacial score (nSPS) is 15.6. The molecule has 2 rings (SSSR count). The van der Waals surface area contributed by atoms with Crippen LogP contribution < -0.4 is 0 Å². The van der Waals surface area contributed by atoms with Gasteiger partial charge in [0.1, 0.15) is 5.83 Å². The first-order chi connectivity index (χ1) is 7.65. The van der Waals surface area contributed by atoms with E-state index in [0.29, 0.717) is 6.42 Å². The van der Waals surface area contributed by atoms with Gasteiger partial charge in [0.15, 0.2) is 5.78 Å². The third kappa shape index (κ3) is 2.67. The van der Waals surface area contributed by atoms with Crippen molar-refractivity contribution in [3.05, 3.63) is 45.4 Å². The fourth-order valence-electron chi connectivity index (χ4n) is 1.69. The molecule has 1 nitrogen and oxygen atoms in total. The Morgan fingerprint density at radius 1 is 1.38 bits per heavy atom. The van der Waals surface area contributed by atoms with Gasteiger partial charge in [-0.25, -0.2) is 4.39 Å². The van der Waals surface area contributed by atoms with Gasteiger partial charge in [-0.15, -0.1) is 11.3 Å². The topological polar surface area (TPSA) is 17.1 Å². The van der Waals surface area contributed by atoms with Gasteiger partial charge in [0.05, 0.1) is 4.88 Å². The third-order valence-electron chi connectivity index (χ3n) is 2.59. The summed E-state index contributed by atoms with van der Waals surface area (Å²) in [6.07, 6.45) is 5.53. The van der Waals surface area contributed by atoms with Crippen molar-refractivity contribution in [2.24, 2.45) is 0 Å². The summed E-state index contributed by atoms with van der Waals surface area (Å²) in [5.41, 5.74) is 1.23. The van der Waals surface area contributed by atoms with Crippen LogP contribution in [-0.2, 0) is 6.42 Å². The molecular weight excluding hydrogens is 223 g/mol. The highest BCUT2D eigenvalue weighted by Gasteiger charge is 2.09. The number of carbonyl (C=O) groups is 1. The van der Waals surface area contributed by atoms with Crippen LogP contribution in [0, 0.1) is 0 Å². The number of halogens is 1. The summed E-state index contributed by atoms with van der Waals surface area (Å²) in [4.78, 5) is 13.1. The monoisotopic (exact) mass is 236 g/mol. The van der Waals surface area contributed by atoms with E-state index in [1.807, 2.05) is 18.2 Å².